The molecule has 5 nitrogen and oxygen atoms in total. The predicted octanol–water partition coefficient (Wildman–Crippen LogP) is 3.74. The molecule has 3 rings (SSSR count). The number of ether oxygens (including phenoxy) is 1. The molecule has 1 N–H and O–H groups in total. The highest BCUT2D eigenvalue weighted by molar-refractivity contribution is 8.26. The number of carbonyl (C=O) groups is 2. The first-order chi connectivity index (χ1) is 13.1. The minimum atomic E-state index is -0.132. The summed E-state index contributed by atoms with van der Waals surface area (Å²) in [5.41, 5.74) is 0.915. The third-order valence-corrected chi connectivity index (χ3v) is 6.02. The lowest BCUT2D eigenvalue weighted by Crippen LogP contribution is -2.37. The highest BCUT2D eigenvalue weighted by Gasteiger charge is 2.32. The van der Waals surface area contributed by atoms with Crippen molar-refractivity contribution in [1.29, 1.82) is 0 Å². The van der Waals surface area contributed by atoms with Gasteiger partial charge in [-0.05, 0) is 43.5 Å². The normalized spacial score (nSPS) is 19.1. The van der Waals surface area contributed by atoms with Crippen molar-refractivity contribution in [3.05, 3.63) is 34.7 Å². The van der Waals surface area contributed by atoms with Crippen molar-refractivity contribution >= 4 is 46.2 Å². The van der Waals surface area contributed by atoms with Crippen LogP contribution in [0.15, 0.2) is 29.2 Å². The fraction of sp³-hybridized carbons (Fsp3) is 0.450. The van der Waals surface area contributed by atoms with E-state index in [1.165, 1.54) is 29.5 Å². The van der Waals surface area contributed by atoms with Crippen LogP contribution < -0.4 is 10.1 Å². The number of hydrogen-bond donors (Lipinski definition) is 1. The Kier molecular flexibility index (Phi) is 6.90. The zero-order valence-electron chi connectivity index (χ0n) is 15.4. The number of carbonyl (C=O) groups excluding carboxylic acids is 2. The summed E-state index contributed by atoms with van der Waals surface area (Å²) in [5, 5.41) is 3.05. The summed E-state index contributed by atoms with van der Waals surface area (Å²) in [4.78, 5) is 26.8. The van der Waals surface area contributed by atoms with Gasteiger partial charge in [0.05, 0.1) is 11.5 Å². The summed E-state index contributed by atoms with van der Waals surface area (Å²) < 4.78 is 5.93. The van der Waals surface area contributed by atoms with Gasteiger partial charge in [0.2, 0.25) is 5.91 Å². The molecule has 144 valence electrons. The average Bonchev–Trinajstić information content (AvgIpc) is 3.24. The molecule has 1 aliphatic heterocycles. The molecule has 1 aromatic carbocycles. The summed E-state index contributed by atoms with van der Waals surface area (Å²) in [6, 6.07) is 7.87. The molecule has 1 heterocycles. The first-order valence-corrected chi connectivity index (χ1v) is 10.6. The van der Waals surface area contributed by atoms with Crippen LogP contribution in [0.25, 0.3) is 6.08 Å². The van der Waals surface area contributed by atoms with Gasteiger partial charge < -0.3 is 10.1 Å². The second-order valence-electron chi connectivity index (χ2n) is 6.63. The molecule has 27 heavy (non-hydrogen) atoms. The van der Waals surface area contributed by atoms with E-state index < -0.39 is 0 Å². The smallest absolute Gasteiger partial charge is 0.266 e. The van der Waals surface area contributed by atoms with Crippen LogP contribution >= 0.6 is 24.0 Å². The fourth-order valence-electron chi connectivity index (χ4n) is 3.25. The van der Waals surface area contributed by atoms with E-state index in [2.05, 4.69) is 5.32 Å². The van der Waals surface area contributed by atoms with Crippen molar-refractivity contribution < 1.29 is 14.3 Å². The molecule has 0 unspecified atom stereocenters. The minimum absolute atomic E-state index is 0.00792. The second kappa shape index (κ2) is 9.37. The Morgan fingerprint density at radius 2 is 2.04 bits per heavy atom. The van der Waals surface area contributed by atoms with Crippen molar-refractivity contribution in [2.45, 2.75) is 45.1 Å². The quantitative estimate of drug-likeness (QED) is 0.554. The van der Waals surface area contributed by atoms with E-state index in [1.807, 2.05) is 37.3 Å². The summed E-state index contributed by atoms with van der Waals surface area (Å²) in [5.74, 6) is 0.662. The minimum Gasteiger partial charge on any atom is -0.494 e. The van der Waals surface area contributed by atoms with E-state index in [9.17, 15) is 9.59 Å². The van der Waals surface area contributed by atoms with Crippen molar-refractivity contribution in [2.24, 2.45) is 0 Å². The van der Waals surface area contributed by atoms with Crippen LogP contribution in [0.5, 0.6) is 5.75 Å². The Morgan fingerprint density at radius 3 is 2.70 bits per heavy atom. The first-order valence-electron chi connectivity index (χ1n) is 9.34. The maximum atomic E-state index is 12.6. The van der Waals surface area contributed by atoms with Gasteiger partial charge in [-0.15, -0.1) is 0 Å². The monoisotopic (exact) mass is 404 g/mol. The van der Waals surface area contributed by atoms with Crippen molar-refractivity contribution in [3.8, 4) is 5.75 Å². The molecule has 2 fully saturated rings. The standard InChI is InChI=1S/C20H24N2O3S2/c1-2-25-16-9-7-14(8-10-16)13-17-19(24)22(20(26)27-17)12-11-18(23)21-15-5-3-4-6-15/h7-10,13,15H,2-6,11-12H2,1H3,(H,21,23)/b17-13-. The zero-order chi connectivity index (χ0) is 19.2. The largest absolute Gasteiger partial charge is 0.494 e. The first kappa shape index (κ1) is 19.9. The van der Waals surface area contributed by atoms with Crippen LogP contribution in [0.3, 0.4) is 0 Å². The van der Waals surface area contributed by atoms with E-state index in [0.717, 1.165) is 24.2 Å². The number of nitrogens with one attached hydrogen (secondary N) is 1. The number of thiocarbonyl (C=S) groups is 1. The van der Waals surface area contributed by atoms with E-state index in [0.29, 0.717) is 28.4 Å². The number of hydrogen-bond acceptors (Lipinski definition) is 5. The van der Waals surface area contributed by atoms with Crippen LogP contribution in [0.2, 0.25) is 0 Å². The van der Waals surface area contributed by atoms with Crippen molar-refractivity contribution in [2.75, 3.05) is 13.2 Å². The second-order valence-corrected chi connectivity index (χ2v) is 8.31. The van der Waals surface area contributed by atoms with E-state index in [-0.39, 0.29) is 18.2 Å². The topological polar surface area (TPSA) is 58.6 Å². The number of nitrogens with zero attached hydrogens (tertiary/aromatic N) is 1. The van der Waals surface area contributed by atoms with Crippen molar-refractivity contribution in [3.63, 3.8) is 0 Å². The van der Waals surface area contributed by atoms with Gasteiger partial charge >= 0.3 is 0 Å². The molecule has 7 heteroatoms. The molecule has 0 aromatic heterocycles. The lowest BCUT2D eigenvalue weighted by Gasteiger charge is -2.16. The third kappa shape index (κ3) is 5.32. The van der Waals surface area contributed by atoms with Gasteiger partial charge in [0.1, 0.15) is 10.1 Å². The van der Waals surface area contributed by atoms with Gasteiger partial charge in [-0.25, -0.2) is 0 Å². The van der Waals surface area contributed by atoms with Gasteiger partial charge in [-0.1, -0.05) is 49.0 Å². The summed E-state index contributed by atoms with van der Waals surface area (Å²) in [7, 11) is 0. The number of thioether (sulfide) groups is 1. The van der Waals surface area contributed by atoms with Gasteiger partial charge in [-0.3, -0.25) is 14.5 Å². The highest BCUT2D eigenvalue weighted by Crippen LogP contribution is 2.32. The molecule has 1 aliphatic carbocycles. The zero-order valence-corrected chi connectivity index (χ0v) is 17.0. The Hall–Kier alpha value is -1.86. The molecule has 2 amide bonds. The number of benzene rings is 1. The van der Waals surface area contributed by atoms with Gasteiger partial charge in [-0.2, -0.15) is 0 Å². The molecular weight excluding hydrogens is 380 g/mol. The van der Waals surface area contributed by atoms with Crippen LogP contribution in [0.1, 0.15) is 44.6 Å². The number of rotatable bonds is 7. The van der Waals surface area contributed by atoms with E-state index in [1.54, 1.807) is 0 Å². The van der Waals surface area contributed by atoms with Crippen LogP contribution in [-0.2, 0) is 9.59 Å². The lowest BCUT2D eigenvalue weighted by molar-refractivity contribution is -0.124. The fourth-order valence-corrected chi connectivity index (χ4v) is 4.56. The van der Waals surface area contributed by atoms with E-state index in [4.69, 9.17) is 17.0 Å². The van der Waals surface area contributed by atoms with E-state index >= 15 is 0 Å². The molecule has 2 aliphatic rings. The third-order valence-electron chi connectivity index (χ3n) is 4.65. The van der Waals surface area contributed by atoms with Crippen LogP contribution in [0.4, 0.5) is 0 Å². The van der Waals surface area contributed by atoms with Crippen molar-refractivity contribution in [1.82, 2.24) is 10.2 Å². The SMILES string of the molecule is CCOc1ccc(/C=C2\SC(=S)N(CCC(=O)NC3CCCC3)C2=O)cc1. The summed E-state index contributed by atoms with van der Waals surface area (Å²) in [6.07, 6.45) is 6.56. The molecule has 0 bridgehead atoms. The molecule has 1 saturated heterocycles. The van der Waals surface area contributed by atoms with Crippen LogP contribution in [0, 0.1) is 0 Å². The predicted molar refractivity (Wildman–Crippen MR) is 113 cm³/mol. The maximum Gasteiger partial charge on any atom is 0.266 e. The molecule has 1 aromatic rings. The number of amides is 2. The molecule has 0 atom stereocenters. The Balaban J connectivity index is 1.56. The molecule has 0 radical (unpaired) electrons. The summed E-state index contributed by atoms with van der Waals surface area (Å²) >= 11 is 6.62. The lowest BCUT2D eigenvalue weighted by atomic mass is 10.2. The van der Waals surface area contributed by atoms with Gasteiger partial charge in [0.15, 0.2) is 0 Å². The highest BCUT2D eigenvalue weighted by atomic mass is 32.2. The average molecular weight is 405 g/mol. The Labute approximate surface area is 169 Å². The van der Waals surface area contributed by atoms with Gasteiger partial charge in [0.25, 0.3) is 5.91 Å². The molecule has 1 saturated carbocycles. The Bertz CT molecular complexity index is 740. The summed E-state index contributed by atoms with van der Waals surface area (Å²) in [6.45, 7) is 2.88. The van der Waals surface area contributed by atoms with Crippen LogP contribution in [-0.4, -0.2) is 40.2 Å². The van der Waals surface area contributed by atoms with Gasteiger partial charge in [0, 0.05) is 19.0 Å². The Morgan fingerprint density at radius 1 is 1.33 bits per heavy atom. The molecule has 0 spiro atoms. The molecular formula is C20H24N2O3S2. The maximum absolute atomic E-state index is 12.6.